The first kappa shape index (κ1) is 19.2. The average Bonchev–Trinajstić information content (AvgIpc) is 3.12. The van der Waals surface area contributed by atoms with Crippen molar-refractivity contribution in [2.24, 2.45) is 0 Å². The Kier molecular flexibility index (Phi) is 5.41. The molecule has 0 unspecified atom stereocenters. The zero-order valence-electron chi connectivity index (χ0n) is 14.1. The highest BCUT2D eigenvalue weighted by molar-refractivity contribution is 7.92. The Morgan fingerprint density at radius 3 is 2.19 bits per heavy atom. The van der Waals surface area contributed by atoms with E-state index in [2.05, 4.69) is 10.0 Å². The molecule has 0 saturated heterocycles. The average molecular weight is 398 g/mol. The molecule has 0 heterocycles. The largest absolute Gasteiger partial charge is 0.349 e. The van der Waals surface area contributed by atoms with Crippen molar-refractivity contribution in [3.8, 4) is 0 Å². The number of anilines is 1. The molecule has 1 fully saturated rings. The fraction of sp³-hybridized carbons (Fsp3) is 0.278. The predicted octanol–water partition coefficient (Wildman–Crippen LogP) is 3.58. The smallest absolute Gasteiger partial charge is 0.264 e. The van der Waals surface area contributed by atoms with E-state index in [0.29, 0.717) is 17.7 Å². The molecule has 0 aliphatic heterocycles. The van der Waals surface area contributed by atoms with E-state index in [1.54, 1.807) is 0 Å². The number of carbonyl (C=O) groups is 1. The molecule has 5 nitrogen and oxygen atoms in total. The van der Waals surface area contributed by atoms with Crippen molar-refractivity contribution < 1.29 is 26.4 Å². The van der Waals surface area contributed by atoms with Crippen molar-refractivity contribution in [1.82, 2.24) is 5.32 Å². The number of hydrogen-bond acceptors (Lipinski definition) is 3. The quantitative estimate of drug-likeness (QED) is 0.756. The van der Waals surface area contributed by atoms with E-state index in [9.17, 15) is 26.4 Å². The number of nitrogens with one attached hydrogen (secondary N) is 2. The van der Waals surface area contributed by atoms with E-state index < -0.39 is 32.4 Å². The van der Waals surface area contributed by atoms with Gasteiger partial charge in [-0.25, -0.2) is 21.6 Å². The molecule has 2 aromatic rings. The van der Waals surface area contributed by atoms with Gasteiger partial charge in [-0.05, 0) is 49.2 Å². The van der Waals surface area contributed by atoms with Crippen LogP contribution in [0.25, 0.3) is 0 Å². The first-order valence-electron chi connectivity index (χ1n) is 8.35. The Morgan fingerprint density at radius 2 is 1.56 bits per heavy atom. The van der Waals surface area contributed by atoms with Gasteiger partial charge in [0.15, 0.2) is 17.5 Å². The molecule has 0 aromatic heterocycles. The summed E-state index contributed by atoms with van der Waals surface area (Å²) in [6.07, 6.45) is 4.02. The number of carbonyl (C=O) groups excluding carboxylic acids is 1. The van der Waals surface area contributed by atoms with Crippen molar-refractivity contribution in [3.05, 3.63) is 59.4 Å². The third kappa shape index (κ3) is 4.24. The van der Waals surface area contributed by atoms with Crippen LogP contribution in [0.3, 0.4) is 0 Å². The molecule has 1 amide bonds. The lowest BCUT2D eigenvalue weighted by Crippen LogP contribution is -2.32. The molecular formula is C18H17F3N2O3S. The fourth-order valence-corrected chi connectivity index (χ4v) is 4.08. The van der Waals surface area contributed by atoms with Crippen molar-refractivity contribution in [2.75, 3.05) is 4.72 Å². The maximum absolute atomic E-state index is 13.7. The van der Waals surface area contributed by atoms with Gasteiger partial charge in [-0.2, -0.15) is 0 Å². The van der Waals surface area contributed by atoms with Crippen LogP contribution in [0.2, 0.25) is 0 Å². The number of sulfonamides is 1. The van der Waals surface area contributed by atoms with Crippen molar-refractivity contribution >= 4 is 21.6 Å². The number of halogens is 3. The Hall–Kier alpha value is -2.55. The van der Waals surface area contributed by atoms with Gasteiger partial charge in [-0.1, -0.05) is 12.8 Å². The van der Waals surface area contributed by atoms with Crippen LogP contribution in [-0.4, -0.2) is 20.4 Å². The van der Waals surface area contributed by atoms with Crippen LogP contribution in [0.1, 0.15) is 36.0 Å². The lowest BCUT2D eigenvalue weighted by Gasteiger charge is -2.13. The summed E-state index contributed by atoms with van der Waals surface area (Å²) < 4.78 is 66.5. The highest BCUT2D eigenvalue weighted by atomic mass is 32.2. The topological polar surface area (TPSA) is 75.3 Å². The summed E-state index contributed by atoms with van der Waals surface area (Å²) in [6.45, 7) is 0. The van der Waals surface area contributed by atoms with Crippen LogP contribution < -0.4 is 10.0 Å². The predicted molar refractivity (Wildman–Crippen MR) is 93.3 cm³/mol. The summed E-state index contributed by atoms with van der Waals surface area (Å²) in [5.74, 6) is -5.40. The number of benzene rings is 2. The summed E-state index contributed by atoms with van der Waals surface area (Å²) in [7, 11) is -4.47. The monoisotopic (exact) mass is 398 g/mol. The van der Waals surface area contributed by atoms with Crippen LogP contribution in [0.15, 0.2) is 41.3 Å². The Balaban J connectivity index is 1.74. The van der Waals surface area contributed by atoms with Gasteiger partial charge in [-0.15, -0.1) is 0 Å². The Morgan fingerprint density at radius 1 is 0.926 bits per heavy atom. The van der Waals surface area contributed by atoms with Gasteiger partial charge in [-0.3, -0.25) is 9.52 Å². The Labute approximate surface area is 154 Å². The number of hydrogen-bond donors (Lipinski definition) is 2. The minimum absolute atomic E-state index is 0.0524. The lowest BCUT2D eigenvalue weighted by molar-refractivity contribution is 0.0938. The zero-order chi connectivity index (χ0) is 19.6. The van der Waals surface area contributed by atoms with Gasteiger partial charge in [0.2, 0.25) is 0 Å². The summed E-state index contributed by atoms with van der Waals surface area (Å²) in [6, 6.07) is 6.82. The lowest BCUT2D eigenvalue weighted by atomic mass is 10.1. The minimum Gasteiger partial charge on any atom is -0.349 e. The molecule has 2 aromatic carbocycles. The maximum Gasteiger partial charge on any atom is 0.264 e. The van der Waals surface area contributed by atoms with Gasteiger partial charge in [0, 0.05) is 17.3 Å². The second-order valence-corrected chi connectivity index (χ2v) is 7.96. The second kappa shape index (κ2) is 7.59. The van der Waals surface area contributed by atoms with Crippen LogP contribution in [0, 0.1) is 17.5 Å². The molecule has 1 aliphatic carbocycles. The van der Waals surface area contributed by atoms with E-state index in [1.165, 1.54) is 24.3 Å². The standard InChI is InChI=1S/C18H17F3N2O3S/c19-14-9-10-15(17(21)16(14)20)27(25,26)23-13-7-5-11(6-8-13)18(24)22-12-3-1-2-4-12/h5-10,12,23H,1-4H2,(H,22,24). The van der Waals surface area contributed by atoms with E-state index in [4.69, 9.17) is 0 Å². The van der Waals surface area contributed by atoms with E-state index in [1.807, 2.05) is 0 Å². The Bertz CT molecular complexity index is 957. The van der Waals surface area contributed by atoms with Crippen LogP contribution in [-0.2, 0) is 10.0 Å². The second-order valence-electron chi connectivity index (χ2n) is 6.31. The van der Waals surface area contributed by atoms with Crippen LogP contribution in [0.4, 0.5) is 18.9 Å². The van der Waals surface area contributed by atoms with Crippen molar-refractivity contribution in [2.45, 2.75) is 36.6 Å². The SMILES string of the molecule is O=C(NC1CCCC1)c1ccc(NS(=O)(=O)c2ccc(F)c(F)c2F)cc1. The molecule has 0 radical (unpaired) electrons. The molecule has 1 aliphatic rings. The van der Waals surface area contributed by atoms with Crippen LogP contribution in [0.5, 0.6) is 0 Å². The van der Waals surface area contributed by atoms with Gasteiger partial charge in [0.25, 0.3) is 15.9 Å². The number of amides is 1. The van der Waals surface area contributed by atoms with Crippen LogP contribution >= 0.6 is 0 Å². The summed E-state index contributed by atoms with van der Waals surface area (Å²) in [5, 5.41) is 2.90. The normalized spacial score (nSPS) is 14.9. The highest BCUT2D eigenvalue weighted by Gasteiger charge is 2.24. The van der Waals surface area contributed by atoms with Gasteiger partial charge in [0.05, 0.1) is 0 Å². The summed E-state index contributed by atoms with van der Waals surface area (Å²) in [4.78, 5) is 11.1. The fourth-order valence-electron chi connectivity index (χ4n) is 2.95. The molecule has 2 N–H and O–H groups in total. The zero-order valence-corrected chi connectivity index (χ0v) is 15.0. The molecule has 0 bridgehead atoms. The van der Waals surface area contributed by atoms with Gasteiger partial charge < -0.3 is 5.32 Å². The summed E-state index contributed by atoms with van der Waals surface area (Å²) >= 11 is 0. The third-order valence-corrected chi connectivity index (χ3v) is 5.78. The maximum atomic E-state index is 13.7. The molecule has 27 heavy (non-hydrogen) atoms. The van der Waals surface area contributed by atoms with Crippen molar-refractivity contribution in [1.29, 1.82) is 0 Å². The van der Waals surface area contributed by atoms with E-state index in [-0.39, 0.29) is 17.6 Å². The van der Waals surface area contributed by atoms with E-state index in [0.717, 1.165) is 25.7 Å². The van der Waals surface area contributed by atoms with E-state index >= 15 is 0 Å². The molecular weight excluding hydrogens is 381 g/mol. The molecule has 144 valence electrons. The van der Waals surface area contributed by atoms with Gasteiger partial charge in [0.1, 0.15) is 4.90 Å². The highest BCUT2D eigenvalue weighted by Crippen LogP contribution is 2.23. The molecule has 0 atom stereocenters. The van der Waals surface area contributed by atoms with Crippen molar-refractivity contribution in [3.63, 3.8) is 0 Å². The molecule has 0 spiro atoms. The van der Waals surface area contributed by atoms with Gasteiger partial charge >= 0.3 is 0 Å². The molecule has 3 rings (SSSR count). The molecule has 1 saturated carbocycles. The summed E-state index contributed by atoms with van der Waals surface area (Å²) in [5.41, 5.74) is 0.403. The number of rotatable bonds is 5. The first-order valence-corrected chi connectivity index (χ1v) is 9.83. The third-order valence-electron chi connectivity index (χ3n) is 4.38. The minimum atomic E-state index is -4.47. The first-order chi connectivity index (χ1) is 12.8. The molecule has 9 heteroatoms.